The number of rotatable bonds is 4. The summed E-state index contributed by atoms with van der Waals surface area (Å²) in [5.74, 6) is -0.0733. The molecule has 0 aliphatic carbocycles. The van der Waals surface area contributed by atoms with Crippen molar-refractivity contribution in [2.45, 2.75) is 25.3 Å². The van der Waals surface area contributed by atoms with E-state index >= 15 is 0 Å². The average molecular weight is 355 g/mol. The Hall–Kier alpha value is -2.74. The molecule has 136 valence electrons. The summed E-state index contributed by atoms with van der Waals surface area (Å²) in [5, 5.41) is 15.3. The molecular weight excluding hydrogens is 334 g/mol. The smallest absolute Gasteiger partial charge is 0.274 e. The fourth-order valence-electron chi connectivity index (χ4n) is 3.82. The van der Waals surface area contributed by atoms with Crippen LogP contribution in [0.15, 0.2) is 36.5 Å². The third-order valence-electron chi connectivity index (χ3n) is 5.22. The number of non-ortho nitro benzene ring substituents is 1. The van der Waals surface area contributed by atoms with Crippen LogP contribution in [0, 0.1) is 10.1 Å². The van der Waals surface area contributed by atoms with Gasteiger partial charge in [0.05, 0.1) is 10.6 Å². The first kappa shape index (κ1) is 16.7. The van der Waals surface area contributed by atoms with E-state index in [1.165, 1.54) is 29.7 Å². The standard InChI is InChI=1S/C18H21N5O3/c24-18(21-10-6-16(13-21)20-8-1-2-9-20)17-7-11-22(19-17)14-4-3-5-15(12-14)23(25)26/h3-5,7,11-12,16H,1-2,6,8-10,13H2. The Kier molecular flexibility index (Phi) is 4.42. The number of hydrogen-bond donors (Lipinski definition) is 0. The molecule has 1 aromatic heterocycles. The molecule has 2 aromatic rings. The van der Waals surface area contributed by atoms with Gasteiger partial charge in [0.25, 0.3) is 11.6 Å². The number of nitro groups is 1. The Morgan fingerprint density at radius 1 is 1.19 bits per heavy atom. The number of carbonyl (C=O) groups excluding carboxylic acids is 1. The minimum absolute atomic E-state index is 0.00104. The highest BCUT2D eigenvalue weighted by molar-refractivity contribution is 5.92. The molecule has 1 atom stereocenters. The van der Waals surface area contributed by atoms with Gasteiger partial charge in [-0.25, -0.2) is 4.68 Å². The van der Waals surface area contributed by atoms with Gasteiger partial charge in [-0.2, -0.15) is 5.10 Å². The summed E-state index contributed by atoms with van der Waals surface area (Å²) < 4.78 is 1.51. The third kappa shape index (κ3) is 3.20. The van der Waals surface area contributed by atoms with Gasteiger partial charge >= 0.3 is 0 Å². The Morgan fingerprint density at radius 2 is 2.00 bits per heavy atom. The number of amides is 1. The van der Waals surface area contributed by atoms with Crippen LogP contribution in [0.1, 0.15) is 29.8 Å². The van der Waals surface area contributed by atoms with Crippen LogP contribution in [0.4, 0.5) is 5.69 Å². The van der Waals surface area contributed by atoms with Crippen LogP contribution >= 0.6 is 0 Å². The van der Waals surface area contributed by atoms with Crippen molar-refractivity contribution in [3.8, 4) is 5.69 Å². The summed E-state index contributed by atoms with van der Waals surface area (Å²) in [6.45, 7) is 3.77. The molecule has 8 nitrogen and oxygen atoms in total. The Morgan fingerprint density at radius 3 is 2.77 bits per heavy atom. The van der Waals surface area contributed by atoms with Crippen LogP contribution in [0.5, 0.6) is 0 Å². The number of nitro benzene ring substituents is 1. The highest BCUT2D eigenvalue weighted by Crippen LogP contribution is 2.22. The average Bonchev–Trinajstić information content (AvgIpc) is 3.42. The molecule has 2 saturated heterocycles. The van der Waals surface area contributed by atoms with Crippen molar-refractivity contribution in [2.75, 3.05) is 26.2 Å². The van der Waals surface area contributed by atoms with Crippen LogP contribution in [-0.2, 0) is 0 Å². The van der Waals surface area contributed by atoms with Crippen LogP contribution in [0.2, 0.25) is 0 Å². The van der Waals surface area contributed by atoms with Crippen molar-refractivity contribution < 1.29 is 9.72 Å². The zero-order chi connectivity index (χ0) is 18.1. The number of likely N-dealkylation sites (tertiary alicyclic amines) is 2. The Bertz CT molecular complexity index is 828. The van der Waals surface area contributed by atoms with Gasteiger partial charge in [0.2, 0.25) is 0 Å². The first-order chi connectivity index (χ1) is 12.6. The summed E-state index contributed by atoms with van der Waals surface area (Å²) in [6, 6.07) is 8.35. The van der Waals surface area contributed by atoms with E-state index in [1.807, 2.05) is 4.90 Å². The van der Waals surface area contributed by atoms with Crippen LogP contribution in [0.3, 0.4) is 0 Å². The molecule has 2 aliphatic rings. The molecule has 0 saturated carbocycles. The first-order valence-electron chi connectivity index (χ1n) is 8.95. The van der Waals surface area contributed by atoms with Gasteiger partial charge in [-0.15, -0.1) is 0 Å². The summed E-state index contributed by atoms with van der Waals surface area (Å²) in [7, 11) is 0. The van der Waals surface area contributed by atoms with Gasteiger partial charge < -0.3 is 4.90 Å². The maximum absolute atomic E-state index is 12.8. The Balaban J connectivity index is 1.47. The van der Waals surface area contributed by atoms with Gasteiger partial charge in [0, 0.05) is 37.5 Å². The maximum Gasteiger partial charge on any atom is 0.274 e. The quantitative estimate of drug-likeness (QED) is 0.619. The van der Waals surface area contributed by atoms with E-state index in [-0.39, 0.29) is 11.6 Å². The van der Waals surface area contributed by atoms with Crippen molar-refractivity contribution in [3.63, 3.8) is 0 Å². The zero-order valence-electron chi connectivity index (χ0n) is 14.5. The van der Waals surface area contributed by atoms with E-state index in [0.29, 0.717) is 17.4 Å². The molecule has 4 rings (SSSR count). The molecule has 26 heavy (non-hydrogen) atoms. The van der Waals surface area contributed by atoms with Crippen molar-refractivity contribution in [1.82, 2.24) is 19.6 Å². The molecule has 2 aliphatic heterocycles. The van der Waals surface area contributed by atoms with Gasteiger partial charge in [-0.1, -0.05) is 6.07 Å². The SMILES string of the molecule is O=C(c1ccn(-c2cccc([N+](=O)[O-])c2)n1)N1CCC(N2CCCC2)C1. The monoisotopic (exact) mass is 355 g/mol. The van der Waals surface area contributed by atoms with E-state index in [2.05, 4.69) is 10.00 Å². The summed E-state index contributed by atoms with van der Waals surface area (Å²) in [5.41, 5.74) is 0.937. The van der Waals surface area contributed by atoms with E-state index in [4.69, 9.17) is 0 Å². The van der Waals surface area contributed by atoms with Gasteiger partial charge in [0.15, 0.2) is 5.69 Å². The predicted octanol–water partition coefficient (Wildman–Crippen LogP) is 2.09. The molecule has 0 radical (unpaired) electrons. The minimum atomic E-state index is -0.443. The van der Waals surface area contributed by atoms with E-state index < -0.39 is 4.92 Å². The van der Waals surface area contributed by atoms with E-state index in [9.17, 15) is 14.9 Å². The lowest BCUT2D eigenvalue weighted by Crippen LogP contribution is -2.37. The van der Waals surface area contributed by atoms with Crippen LogP contribution in [0.25, 0.3) is 5.69 Å². The van der Waals surface area contributed by atoms with E-state index in [0.717, 1.165) is 32.6 Å². The van der Waals surface area contributed by atoms with Crippen LogP contribution < -0.4 is 0 Å². The fourth-order valence-corrected chi connectivity index (χ4v) is 3.82. The van der Waals surface area contributed by atoms with Gasteiger partial charge in [0.1, 0.15) is 0 Å². The molecule has 0 N–H and O–H groups in total. The Labute approximate surface area is 151 Å². The lowest BCUT2D eigenvalue weighted by Gasteiger charge is -2.23. The summed E-state index contributed by atoms with van der Waals surface area (Å²) in [4.78, 5) is 27.6. The second-order valence-corrected chi connectivity index (χ2v) is 6.86. The predicted molar refractivity (Wildman–Crippen MR) is 95.3 cm³/mol. The highest BCUT2D eigenvalue weighted by Gasteiger charge is 2.32. The molecule has 1 aromatic carbocycles. The van der Waals surface area contributed by atoms with Gasteiger partial charge in [-0.3, -0.25) is 19.8 Å². The number of carbonyl (C=O) groups is 1. The topological polar surface area (TPSA) is 84.5 Å². The normalized spacial score (nSPS) is 20.6. The van der Waals surface area contributed by atoms with Crippen molar-refractivity contribution in [2.24, 2.45) is 0 Å². The molecule has 3 heterocycles. The minimum Gasteiger partial charge on any atom is -0.336 e. The third-order valence-corrected chi connectivity index (χ3v) is 5.22. The number of nitrogens with zero attached hydrogens (tertiary/aromatic N) is 5. The second-order valence-electron chi connectivity index (χ2n) is 6.86. The largest absolute Gasteiger partial charge is 0.336 e. The summed E-state index contributed by atoms with van der Waals surface area (Å²) in [6.07, 6.45) is 5.17. The number of benzene rings is 1. The number of hydrogen-bond acceptors (Lipinski definition) is 5. The molecule has 2 fully saturated rings. The molecule has 1 unspecified atom stereocenters. The molecule has 1 amide bonds. The molecule has 0 spiro atoms. The van der Waals surface area contributed by atoms with Crippen molar-refractivity contribution in [1.29, 1.82) is 0 Å². The van der Waals surface area contributed by atoms with E-state index in [1.54, 1.807) is 24.4 Å². The maximum atomic E-state index is 12.8. The second kappa shape index (κ2) is 6.87. The molecular formula is C18H21N5O3. The van der Waals surface area contributed by atoms with Crippen LogP contribution in [-0.4, -0.2) is 62.6 Å². The fraction of sp³-hybridized carbons (Fsp3) is 0.444. The highest BCUT2D eigenvalue weighted by atomic mass is 16.6. The lowest BCUT2D eigenvalue weighted by atomic mass is 10.2. The van der Waals surface area contributed by atoms with Crippen molar-refractivity contribution >= 4 is 11.6 Å². The number of aromatic nitrogens is 2. The van der Waals surface area contributed by atoms with Gasteiger partial charge in [-0.05, 0) is 44.5 Å². The zero-order valence-corrected chi connectivity index (χ0v) is 14.5. The summed E-state index contributed by atoms with van der Waals surface area (Å²) >= 11 is 0. The molecule has 8 heteroatoms. The first-order valence-corrected chi connectivity index (χ1v) is 8.95. The van der Waals surface area contributed by atoms with Crippen molar-refractivity contribution in [3.05, 3.63) is 52.3 Å². The lowest BCUT2D eigenvalue weighted by molar-refractivity contribution is -0.384. The molecule has 0 bridgehead atoms.